The Morgan fingerprint density at radius 1 is 0.850 bits per heavy atom. The topological polar surface area (TPSA) is 58.2 Å². The molecule has 0 saturated carbocycles. The van der Waals surface area contributed by atoms with Crippen LogP contribution in [0.5, 0.6) is 0 Å². The second kappa shape index (κ2) is 6.02. The van der Waals surface area contributed by atoms with Crippen molar-refractivity contribution >= 4 is 23.2 Å². The van der Waals surface area contributed by atoms with Crippen LogP contribution in [-0.4, -0.2) is 11.8 Å². The van der Waals surface area contributed by atoms with Gasteiger partial charge in [0.15, 0.2) is 0 Å². The molecule has 4 heteroatoms. The van der Waals surface area contributed by atoms with E-state index in [4.69, 9.17) is 0 Å². The van der Waals surface area contributed by atoms with Crippen molar-refractivity contribution in [1.29, 1.82) is 0 Å². The number of rotatable bonds is 3. The summed E-state index contributed by atoms with van der Waals surface area (Å²) in [6, 6.07) is 14.4. The summed E-state index contributed by atoms with van der Waals surface area (Å²) >= 11 is 0. The molecule has 2 rings (SSSR count). The minimum Gasteiger partial charge on any atom is -0.325 e. The first-order valence-corrected chi connectivity index (χ1v) is 6.31. The first-order chi connectivity index (χ1) is 9.56. The third-order valence-corrected chi connectivity index (χ3v) is 2.80. The van der Waals surface area contributed by atoms with E-state index in [1.807, 2.05) is 19.1 Å². The van der Waals surface area contributed by atoms with Crippen LogP contribution in [0.25, 0.3) is 0 Å². The maximum Gasteiger partial charge on any atom is 0.255 e. The van der Waals surface area contributed by atoms with Crippen molar-refractivity contribution < 1.29 is 9.59 Å². The quantitative estimate of drug-likeness (QED) is 0.898. The van der Waals surface area contributed by atoms with Crippen molar-refractivity contribution in [2.75, 3.05) is 10.6 Å². The molecule has 0 aliphatic rings. The van der Waals surface area contributed by atoms with Crippen molar-refractivity contribution in [3.05, 3.63) is 59.7 Å². The van der Waals surface area contributed by atoms with E-state index in [9.17, 15) is 9.59 Å². The van der Waals surface area contributed by atoms with Gasteiger partial charge in [-0.2, -0.15) is 0 Å². The van der Waals surface area contributed by atoms with Crippen LogP contribution in [0.4, 0.5) is 11.4 Å². The molecule has 0 fully saturated rings. The van der Waals surface area contributed by atoms with Gasteiger partial charge >= 0.3 is 0 Å². The maximum atomic E-state index is 12.1. The standard InChI is InChI=1S/C16H16N2O2/c1-11-7-9-13(10-8-11)16(20)18-15-6-4-3-5-14(15)17-12(2)19/h3-10H,1-2H3,(H,17,19)(H,18,20). The van der Waals surface area contributed by atoms with Gasteiger partial charge in [0.05, 0.1) is 11.4 Å². The summed E-state index contributed by atoms with van der Waals surface area (Å²) in [5.74, 6) is -0.384. The number of nitrogens with one attached hydrogen (secondary N) is 2. The molecule has 20 heavy (non-hydrogen) atoms. The maximum absolute atomic E-state index is 12.1. The van der Waals surface area contributed by atoms with Crippen LogP contribution in [0.3, 0.4) is 0 Å². The lowest BCUT2D eigenvalue weighted by Gasteiger charge is -2.11. The Kier molecular flexibility index (Phi) is 4.15. The Morgan fingerprint density at radius 2 is 1.40 bits per heavy atom. The zero-order valence-corrected chi connectivity index (χ0v) is 11.4. The van der Waals surface area contributed by atoms with Crippen LogP contribution in [0.15, 0.2) is 48.5 Å². The summed E-state index contributed by atoms with van der Waals surface area (Å²) in [5, 5.41) is 5.48. The monoisotopic (exact) mass is 268 g/mol. The van der Waals surface area contributed by atoms with Gasteiger partial charge in [-0.3, -0.25) is 9.59 Å². The lowest BCUT2D eigenvalue weighted by Crippen LogP contribution is -2.15. The number of amides is 2. The Morgan fingerprint density at radius 3 is 1.95 bits per heavy atom. The van der Waals surface area contributed by atoms with E-state index in [1.54, 1.807) is 36.4 Å². The summed E-state index contributed by atoms with van der Waals surface area (Å²) in [6.45, 7) is 3.40. The van der Waals surface area contributed by atoms with Crippen LogP contribution in [0, 0.1) is 6.92 Å². The van der Waals surface area contributed by atoms with Gasteiger partial charge in [0.1, 0.15) is 0 Å². The second-order valence-corrected chi connectivity index (χ2v) is 4.55. The van der Waals surface area contributed by atoms with Gasteiger partial charge in [-0.25, -0.2) is 0 Å². The molecule has 2 N–H and O–H groups in total. The Bertz CT molecular complexity index is 633. The van der Waals surface area contributed by atoms with Crippen molar-refractivity contribution in [1.82, 2.24) is 0 Å². The molecule has 0 aromatic heterocycles. The first kappa shape index (κ1) is 13.8. The highest BCUT2D eigenvalue weighted by Gasteiger charge is 2.09. The van der Waals surface area contributed by atoms with E-state index < -0.39 is 0 Å². The molecule has 2 amide bonds. The van der Waals surface area contributed by atoms with Crippen molar-refractivity contribution in [2.45, 2.75) is 13.8 Å². The SMILES string of the molecule is CC(=O)Nc1ccccc1NC(=O)c1ccc(C)cc1. The number of anilines is 2. The fraction of sp³-hybridized carbons (Fsp3) is 0.125. The lowest BCUT2D eigenvalue weighted by molar-refractivity contribution is -0.114. The number of hydrogen-bond donors (Lipinski definition) is 2. The van der Waals surface area contributed by atoms with Gasteiger partial charge in [0.2, 0.25) is 5.91 Å². The van der Waals surface area contributed by atoms with Crippen molar-refractivity contribution in [2.24, 2.45) is 0 Å². The van der Waals surface area contributed by atoms with Crippen molar-refractivity contribution in [3.8, 4) is 0 Å². The second-order valence-electron chi connectivity index (χ2n) is 4.55. The zero-order chi connectivity index (χ0) is 14.5. The van der Waals surface area contributed by atoms with Crippen LogP contribution < -0.4 is 10.6 Å². The van der Waals surface area contributed by atoms with Crippen LogP contribution in [0.2, 0.25) is 0 Å². The number of benzene rings is 2. The van der Waals surface area contributed by atoms with Gasteiger partial charge in [0, 0.05) is 12.5 Å². The molecular weight excluding hydrogens is 252 g/mol. The molecule has 0 spiro atoms. The average molecular weight is 268 g/mol. The van der Waals surface area contributed by atoms with E-state index in [1.165, 1.54) is 6.92 Å². The molecule has 0 heterocycles. The van der Waals surface area contributed by atoms with Gasteiger partial charge in [-0.05, 0) is 31.2 Å². The number of aryl methyl sites for hydroxylation is 1. The Labute approximate surface area is 117 Å². The zero-order valence-electron chi connectivity index (χ0n) is 11.4. The Hall–Kier alpha value is -2.62. The predicted octanol–water partition coefficient (Wildman–Crippen LogP) is 3.21. The number of carbonyl (C=O) groups is 2. The molecule has 0 saturated heterocycles. The summed E-state index contributed by atoms with van der Waals surface area (Å²) < 4.78 is 0. The summed E-state index contributed by atoms with van der Waals surface area (Å²) in [5.41, 5.74) is 2.84. The molecular formula is C16H16N2O2. The first-order valence-electron chi connectivity index (χ1n) is 6.31. The smallest absolute Gasteiger partial charge is 0.255 e. The van der Waals surface area contributed by atoms with E-state index in [2.05, 4.69) is 10.6 Å². The number of carbonyl (C=O) groups excluding carboxylic acids is 2. The van der Waals surface area contributed by atoms with Gasteiger partial charge in [-0.15, -0.1) is 0 Å². The minimum atomic E-state index is -0.206. The molecule has 0 aliphatic heterocycles. The Balaban J connectivity index is 2.19. The predicted molar refractivity (Wildman–Crippen MR) is 79.9 cm³/mol. The number of hydrogen-bond acceptors (Lipinski definition) is 2. The molecule has 0 unspecified atom stereocenters. The molecule has 0 radical (unpaired) electrons. The number of para-hydroxylation sites is 2. The third-order valence-electron chi connectivity index (χ3n) is 2.80. The highest BCUT2D eigenvalue weighted by molar-refractivity contribution is 6.07. The highest BCUT2D eigenvalue weighted by atomic mass is 16.2. The molecule has 102 valence electrons. The molecule has 0 aliphatic carbocycles. The van der Waals surface area contributed by atoms with Crippen molar-refractivity contribution in [3.63, 3.8) is 0 Å². The lowest BCUT2D eigenvalue weighted by atomic mass is 10.1. The van der Waals surface area contributed by atoms with E-state index in [-0.39, 0.29) is 11.8 Å². The summed E-state index contributed by atoms with van der Waals surface area (Å²) in [4.78, 5) is 23.3. The van der Waals surface area contributed by atoms with E-state index in [0.29, 0.717) is 16.9 Å². The van der Waals surface area contributed by atoms with Crippen LogP contribution in [-0.2, 0) is 4.79 Å². The molecule has 2 aromatic rings. The van der Waals surface area contributed by atoms with E-state index in [0.717, 1.165) is 5.56 Å². The normalized spacial score (nSPS) is 9.90. The largest absolute Gasteiger partial charge is 0.325 e. The summed E-state index contributed by atoms with van der Waals surface area (Å²) in [6.07, 6.45) is 0. The van der Waals surface area contributed by atoms with E-state index >= 15 is 0 Å². The summed E-state index contributed by atoms with van der Waals surface area (Å²) in [7, 11) is 0. The molecule has 0 atom stereocenters. The fourth-order valence-electron chi connectivity index (χ4n) is 1.79. The molecule has 0 bridgehead atoms. The van der Waals surface area contributed by atoms with Crippen LogP contribution >= 0.6 is 0 Å². The van der Waals surface area contributed by atoms with Gasteiger partial charge in [0.25, 0.3) is 5.91 Å². The average Bonchev–Trinajstić information content (AvgIpc) is 2.41. The third kappa shape index (κ3) is 3.45. The van der Waals surface area contributed by atoms with Gasteiger partial charge in [-0.1, -0.05) is 29.8 Å². The fourth-order valence-corrected chi connectivity index (χ4v) is 1.79. The highest BCUT2D eigenvalue weighted by Crippen LogP contribution is 2.21. The van der Waals surface area contributed by atoms with Gasteiger partial charge < -0.3 is 10.6 Å². The minimum absolute atomic E-state index is 0.179. The molecule has 4 nitrogen and oxygen atoms in total. The molecule has 2 aromatic carbocycles. The van der Waals surface area contributed by atoms with Crippen LogP contribution in [0.1, 0.15) is 22.8 Å².